The van der Waals surface area contributed by atoms with Gasteiger partial charge in [0.1, 0.15) is 5.82 Å². The smallest absolute Gasteiger partial charge is 0.199 e. The van der Waals surface area contributed by atoms with Gasteiger partial charge in [0, 0.05) is 23.7 Å². The molecule has 4 nitrogen and oxygen atoms in total. The van der Waals surface area contributed by atoms with Gasteiger partial charge in [-0.2, -0.15) is 5.10 Å². The molecule has 3 rings (SSSR count). The van der Waals surface area contributed by atoms with E-state index in [2.05, 4.69) is 0 Å². The topological polar surface area (TPSA) is 26.0 Å². The van der Waals surface area contributed by atoms with Crippen LogP contribution < -0.4 is 0 Å². The predicted octanol–water partition coefficient (Wildman–Crippen LogP) is 4.98. The molecule has 0 saturated heterocycles. The Labute approximate surface area is 162 Å². The number of rotatable bonds is 6. The molecule has 0 aliphatic heterocycles. The van der Waals surface area contributed by atoms with E-state index >= 15 is 0 Å². The average molecular weight is 391 g/mol. The summed E-state index contributed by atoms with van der Waals surface area (Å²) >= 11 is 11.6. The molecule has 2 aromatic carbocycles. The molecule has 1 aromatic heterocycles. The summed E-state index contributed by atoms with van der Waals surface area (Å²) in [5, 5.41) is 5.38. The van der Waals surface area contributed by atoms with Crippen molar-refractivity contribution in [1.29, 1.82) is 0 Å². The maximum Gasteiger partial charge on any atom is 0.199 e. The van der Waals surface area contributed by atoms with Gasteiger partial charge in [0.15, 0.2) is 10.6 Å². The molecule has 0 unspecified atom stereocenters. The van der Waals surface area contributed by atoms with Gasteiger partial charge < -0.3 is 4.57 Å². The summed E-state index contributed by atoms with van der Waals surface area (Å²) in [6.07, 6.45) is 0. The fourth-order valence-electron chi connectivity index (χ4n) is 2.86. The maximum absolute atomic E-state index is 13.4. The second kappa shape index (κ2) is 8.12. The summed E-state index contributed by atoms with van der Waals surface area (Å²) < 4.78 is 17.8. The molecule has 0 N–H and O–H groups in total. The molecule has 3 aromatic rings. The van der Waals surface area contributed by atoms with Gasteiger partial charge in [-0.3, -0.25) is 4.90 Å². The maximum atomic E-state index is 13.4. The lowest BCUT2D eigenvalue weighted by atomic mass is 10.2. The minimum Gasteiger partial charge on any atom is -0.300 e. The first-order valence-corrected chi connectivity index (χ1v) is 9.13. The highest BCUT2D eigenvalue weighted by Gasteiger charge is 2.13. The second-order valence-electron chi connectivity index (χ2n) is 6.14. The van der Waals surface area contributed by atoms with E-state index in [-0.39, 0.29) is 5.82 Å². The average Bonchev–Trinajstić information content (AvgIpc) is 2.91. The normalized spacial score (nSPS) is 11.3. The molecule has 0 atom stereocenters. The summed E-state index contributed by atoms with van der Waals surface area (Å²) in [4.78, 5) is 2.04. The number of nitrogens with zero attached hydrogens (tertiary/aromatic N) is 4. The van der Waals surface area contributed by atoms with E-state index in [1.807, 2.05) is 53.8 Å². The number of halogens is 2. The molecule has 0 amide bonds. The van der Waals surface area contributed by atoms with E-state index in [0.717, 1.165) is 23.5 Å². The number of hydrogen-bond donors (Lipinski definition) is 0. The van der Waals surface area contributed by atoms with Crippen molar-refractivity contribution in [3.63, 3.8) is 0 Å². The van der Waals surface area contributed by atoms with Crippen molar-refractivity contribution in [2.45, 2.75) is 26.7 Å². The van der Waals surface area contributed by atoms with Crippen LogP contribution in [0.3, 0.4) is 0 Å². The van der Waals surface area contributed by atoms with E-state index < -0.39 is 0 Å². The summed E-state index contributed by atoms with van der Waals surface area (Å²) in [6.45, 7) is 3.89. The highest BCUT2D eigenvalue weighted by atomic mass is 35.5. The zero-order valence-electron chi connectivity index (χ0n) is 14.7. The van der Waals surface area contributed by atoms with Gasteiger partial charge in [0.25, 0.3) is 0 Å². The zero-order valence-corrected chi connectivity index (χ0v) is 16.3. The molecule has 0 aliphatic carbocycles. The Morgan fingerprint density at radius 2 is 1.92 bits per heavy atom. The van der Waals surface area contributed by atoms with Crippen LogP contribution in [0.5, 0.6) is 0 Å². The van der Waals surface area contributed by atoms with Crippen LogP contribution >= 0.6 is 23.8 Å². The second-order valence-corrected chi connectivity index (χ2v) is 6.94. The third-order valence-corrected chi connectivity index (χ3v) is 4.74. The van der Waals surface area contributed by atoms with E-state index in [0.29, 0.717) is 23.0 Å². The fourth-order valence-corrected chi connectivity index (χ4v) is 3.30. The van der Waals surface area contributed by atoms with Gasteiger partial charge in [-0.1, -0.05) is 23.7 Å². The van der Waals surface area contributed by atoms with Crippen molar-refractivity contribution < 1.29 is 4.39 Å². The van der Waals surface area contributed by atoms with Crippen LogP contribution in [-0.2, 0) is 19.8 Å². The Morgan fingerprint density at radius 3 is 2.58 bits per heavy atom. The lowest BCUT2D eigenvalue weighted by molar-refractivity contribution is 0.243. The first-order valence-electron chi connectivity index (χ1n) is 8.34. The van der Waals surface area contributed by atoms with Crippen LogP contribution in [0.4, 0.5) is 4.39 Å². The highest BCUT2D eigenvalue weighted by molar-refractivity contribution is 7.71. The van der Waals surface area contributed by atoms with Gasteiger partial charge in [0.2, 0.25) is 0 Å². The molecular formula is C19H20ClFN4S. The lowest BCUT2D eigenvalue weighted by Gasteiger charge is -2.16. The van der Waals surface area contributed by atoms with Crippen molar-refractivity contribution in [2.75, 3.05) is 7.05 Å². The van der Waals surface area contributed by atoms with Crippen LogP contribution in [-0.4, -0.2) is 26.3 Å². The van der Waals surface area contributed by atoms with Crippen molar-refractivity contribution in [3.05, 3.63) is 69.7 Å². The van der Waals surface area contributed by atoms with E-state index in [9.17, 15) is 4.39 Å². The number of benzene rings is 2. The van der Waals surface area contributed by atoms with Crippen LogP contribution in [0.2, 0.25) is 5.02 Å². The molecule has 0 spiro atoms. The summed E-state index contributed by atoms with van der Waals surface area (Å²) in [7, 11) is 1.96. The zero-order chi connectivity index (χ0) is 18.7. The Bertz CT molecular complexity index is 949. The monoisotopic (exact) mass is 390 g/mol. The minimum atomic E-state index is -0.229. The third kappa shape index (κ3) is 4.20. The van der Waals surface area contributed by atoms with Gasteiger partial charge in [-0.15, -0.1) is 0 Å². The number of hydrogen-bond acceptors (Lipinski definition) is 3. The summed E-state index contributed by atoms with van der Waals surface area (Å²) in [5.74, 6) is 0.584. The van der Waals surface area contributed by atoms with Gasteiger partial charge in [0.05, 0.1) is 6.67 Å². The third-order valence-electron chi connectivity index (χ3n) is 4.06. The first-order chi connectivity index (χ1) is 12.5. The standard InChI is InChI=1S/C19H20ClFN4S/c1-3-24-18(15-7-9-16(20)10-8-15)22-25(19(24)26)13-23(2)12-14-5-4-6-17(21)11-14/h4-11H,3,12-13H2,1-2H3. The van der Waals surface area contributed by atoms with Gasteiger partial charge in [-0.25, -0.2) is 9.07 Å². The minimum absolute atomic E-state index is 0.229. The first kappa shape index (κ1) is 18.8. The van der Waals surface area contributed by atoms with Crippen LogP contribution in [0, 0.1) is 10.6 Å². The molecule has 26 heavy (non-hydrogen) atoms. The van der Waals surface area contributed by atoms with E-state index in [1.165, 1.54) is 6.07 Å². The van der Waals surface area contributed by atoms with Crippen LogP contribution in [0.15, 0.2) is 48.5 Å². The summed E-state index contributed by atoms with van der Waals surface area (Å²) in [5.41, 5.74) is 1.88. The van der Waals surface area contributed by atoms with Crippen LogP contribution in [0.25, 0.3) is 11.4 Å². The molecule has 0 aliphatic rings. The fraction of sp³-hybridized carbons (Fsp3) is 0.263. The van der Waals surface area contributed by atoms with E-state index in [4.69, 9.17) is 28.9 Å². The predicted molar refractivity (Wildman–Crippen MR) is 105 cm³/mol. The Kier molecular flexibility index (Phi) is 5.86. The van der Waals surface area contributed by atoms with Crippen molar-refractivity contribution in [1.82, 2.24) is 19.2 Å². The molecule has 7 heteroatoms. The molecule has 1 heterocycles. The van der Waals surface area contributed by atoms with Crippen molar-refractivity contribution in [2.24, 2.45) is 0 Å². The highest BCUT2D eigenvalue weighted by Crippen LogP contribution is 2.21. The van der Waals surface area contributed by atoms with Crippen molar-refractivity contribution >= 4 is 23.8 Å². The lowest BCUT2D eigenvalue weighted by Crippen LogP contribution is -2.22. The summed E-state index contributed by atoms with van der Waals surface area (Å²) in [6, 6.07) is 14.2. The molecule has 0 radical (unpaired) electrons. The quantitative estimate of drug-likeness (QED) is 0.555. The Morgan fingerprint density at radius 1 is 1.19 bits per heavy atom. The Hall–Kier alpha value is -2.02. The molecule has 0 fully saturated rings. The molecule has 136 valence electrons. The Balaban J connectivity index is 1.84. The van der Waals surface area contributed by atoms with Gasteiger partial charge in [-0.05, 0) is 68.2 Å². The van der Waals surface area contributed by atoms with Crippen molar-refractivity contribution in [3.8, 4) is 11.4 Å². The molecular weight excluding hydrogens is 371 g/mol. The van der Waals surface area contributed by atoms with Crippen LogP contribution in [0.1, 0.15) is 12.5 Å². The molecule has 0 bridgehead atoms. The van der Waals surface area contributed by atoms with Gasteiger partial charge >= 0.3 is 0 Å². The number of aromatic nitrogens is 3. The largest absolute Gasteiger partial charge is 0.300 e. The molecule has 0 saturated carbocycles. The SMILES string of the molecule is CCn1c(-c2ccc(Cl)cc2)nn(CN(C)Cc2cccc(F)c2)c1=S. The van der Waals surface area contributed by atoms with E-state index in [1.54, 1.807) is 16.8 Å².